The van der Waals surface area contributed by atoms with E-state index in [2.05, 4.69) is 205 Å². The molecule has 0 bridgehead atoms. The fraction of sp³-hybridized carbons (Fsp3) is 0.143. The lowest BCUT2D eigenvalue weighted by atomic mass is 9.82. The van der Waals surface area contributed by atoms with Crippen LogP contribution in [0.25, 0.3) is 71.1 Å². The predicted octanol–water partition coefficient (Wildman–Crippen LogP) is 13.0. The highest BCUT2D eigenvalue weighted by Gasteiger charge is 2.37. The first-order valence-corrected chi connectivity index (χ1v) is 18.5. The van der Waals surface area contributed by atoms with Crippen molar-refractivity contribution in [1.29, 1.82) is 0 Å². The Kier molecular flexibility index (Phi) is 6.63. The Morgan fingerprint density at radius 1 is 0.423 bits per heavy atom. The summed E-state index contributed by atoms with van der Waals surface area (Å²) in [6.07, 6.45) is 0.903. The first-order valence-electron chi connectivity index (χ1n) is 18.5. The topological polar surface area (TPSA) is 14.8 Å². The third kappa shape index (κ3) is 4.14. The van der Waals surface area contributed by atoms with E-state index in [1.807, 2.05) is 0 Å². The summed E-state index contributed by atoms with van der Waals surface area (Å²) in [4.78, 5) is 0. The minimum Gasteiger partial charge on any atom is -0.331 e. The van der Waals surface area contributed by atoms with E-state index in [4.69, 9.17) is 0 Å². The Morgan fingerprint density at radius 3 is 1.31 bits per heavy atom. The summed E-state index contributed by atoms with van der Waals surface area (Å²) in [5, 5.41) is 7.71. The predicted molar refractivity (Wildman–Crippen MR) is 221 cm³/mol. The van der Waals surface area contributed by atoms with Crippen LogP contribution in [0.5, 0.6) is 0 Å². The van der Waals surface area contributed by atoms with Gasteiger partial charge in [0.15, 0.2) is 0 Å². The second-order valence-corrected chi connectivity index (χ2v) is 15.0. The maximum Gasteiger partial charge on any atom is 0.0693 e. The zero-order valence-corrected chi connectivity index (χ0v) is 30.1. The number of rotatable bonds is 6. The van der Waals surface area contributed by atoms with E-state index in [-0.39, 0.29) is 0 Å². The molecule has 3 heteroatoms. The van der Waals surface area contributed by atoms with Gasteiger partial charge in [-0.2, -0.15) is 0 Å². The quantitative estimate of drug-likeness (QED) is 0.167. The van der Waals surface area contributed by atoms with Gasteiger partial charge in [-0.25, -0.2) is 0 Å². The van der Waals surface area contributed by atoms with E-state index in [1.165, 1.54) is 82.2 Å². The van der Waals surface area contributed by atoms with Gasteiger partial charge >= 0.3 is 0 Å². The van der Waals surface area contributed by atoms with Gasteiger partial charge in [0.05, 0.1) is 22.1 Å². The van der Waals surface area contributed by atoms with Crippen molar-refractivity contribution in [3.63, 3.8) is 0 Å². The number of nitrogens with zero attached hydrogens (tertiary/aromatic N) is 3. The Balaban J connectivity index is 1.38. The summed E-state index contributed by atoms with van der Waals surface area (Å²) in [5.41, 5.74) is 10.5. The summed E-state index contributed by atoms with van der Waals surface area (Å²) in [7, 11) is 0. The maximum absolute atomic E-state index is 2.64. The lowest BCUT2D eigenvalue weighted by molar-refractivity contribution is 0.402. The molecule has 0 saturated heterocycles. The number of fused-ring (bicyclic) bond motifs is 9. The van der Waals surface area contributed by atoms with Crippen LogP contribution in [-0.4, -0.2) is 13.7 Å². The Labute approximate surface area is 304 Å². The van der Waals surface area contributed by atoms with Gasteiger partial charge in [0.1, 0.15) is 0 Å². The van der Waals surface area contributed by atoms with Gasteiger partial charge in [0.25, 0.3) is 0 Å². The molecule has 1 atom stereocenters. The standard InChI is InChI=1S/C49H41N3/c1-5-49(4,52-45-29-17-12-23-37(45)38-24-13-18-30-46(38)52)41-32-33(48(2,3)51-43-27-15-10-21-35(43)36-22-11-16-28-44(36)51)31-40-39-25-9-14-26-42(39)50(47(40)41)34-19-7-6-8-20-34/h6-32H,5H2,1-4H3. The van der Waals surface area contributed by atoms with Crippen LogP contribution in [0.2, 0.25) is 0 Å². The summed E-state index contributed by atoms with van der Waals surface area (Å²) in [6, 6.07) is 60.6. The third-order valence-electron chi connectivity index (χ3n) is 12.0. The second-order valence-electron chi connectivity index (χ2n) is 15.0. The van der Waals surface area contributed by atoms with E-state index in [0.717, 1.165) is 6.42 Å². The molecule has 0 N–H and O–H groups in total. The lowest BCUT2D eigenvalue weighted by Crippen LogP contribution is -2.33. The molecule has 0 radical (unpaired) electrons. The fourth-order valence-electron chi connectivity index (χ4n) is 9.28. The van der Waals surface area contributed by atoms with E-state index in [1.54, 1.807) is 0 Å². The van der Waals surface area contributed by atoms with Crippen LogP contribution >= 0.6 is 0 Å². The molecule has 3 heterocycles. The van der Waals surface area contributed by atoms with Crippen molar-refractivity contribution in [3.05, 3.63) is 175 Å². The summed E-state index contributed by atoms with van der Waals surface area (Å²) >= 11 is 0. The number of para-hydroxylation sites is 6. The van der Waals surface area contributed by atoms with Crippen molar-refractivity contribution in [2.75, 3.05) is 0 Å². The van der Waals surface area contributed by atoms with Gasteiger partial charge in [-0.3, -0.25) is 0 Å². The van der Waals surface area contributed by atoms with Crippen LogP contribution in [0, 0.1) is 0 Å². The summed E-state index contributed by atoms with van der Waals surface area (Å²) in [5.74, 6) is 0. The molecule has 3 nitrogen and oxygen atoms in total. The first-order chi connectivity index (χ1) is 25.4. The molecule has 7 aromatic carbocycles. The molecular weight excluding hydrogens is 631 g/mol. The molecule has 10 rings (SSSR count). The van der Waals surface area contributed by atoms with Gasteiger partial charge < -0.3 is 13.7 Å². The SMILES string of the molecule is CCC(C)(c1cc(C(C)(C)n2c3ccccc3c3ccccc32)cc2c3ccccc3n(-c3ccccc3)c12)n1c2ccccc2c2ccccc21. The fourth-order valence-corrected chi connectivity index (χ4v) is 9.28. The van der Waals surface area contributed by atoms with Gasteiger partial charge in [0.2, 0.25) is 0 Å². The van der Waals surface area contributed by atoms with Gasteiger partial charge in [-0.15, -0.1) is 0 Å². The number of benzene rings is 7. The average molecular weight is 672 g/mol. The largest absolute Gasteiger partial charge is 0.331 e. The molecule has 52 heavy (non-hydrogen) atoms. The second kappa shape index (κ2) is 11.2. The summed E-state index contributed by atoms with van der Waals surface area (Å²) in [6.45, 7) is 9.62. The molecule has 0 aliphatic rings. The number of aromatic nitrogens is 3. The van der Waals surface area contributed by atoms with Crippen LogP contribution in [-0.2, 0) is 11.1 Å². The van der Waals surface area contributed by atoms with Crippen molar-refractivity contribution in [2.45, 2.75) is 45.2 Å². The zero-order valence-electron chi connectivity index (χ0n) is 30.1. The molecule has 1 unspecified atom stereocenters. The monoisotopic (exact) mass is 671 g/mol. The van der Waals surface area contributed by atoms with Crippen molar-refractivity contribution in [1.82, 2.24) is 13.7 Å². The molecule has 0 amide bonds. The van der Waals surface area contributed by atoms with E-state index < -0.39 is 11.1 Å². The molecule has 252 valence electrons. The van der Waals surface area contributed by atoms with Crippen molar-refractivity contribution >= 4 is 65.4 Å². The molecule has 0 fully saturated rings. The summed E-state index contributed by atoms with van der Waals surface area (Å²) < 4.78 is 7.72. The first kappa shape index (κ1) is 30.7. The molecule has 0 spiro atoms. The van der Waals surface area contributed by atoms with Crippen LogP contribution in [0.15, 0.2) is 164 Å². The van der Waals surface area contributed by atoms with Gasteiger partial charge in [0, 0.05) is 65.6 Å². The molecule has 10 aromatic rings. The van der Waals surface area contributed by atoms with Crippen molar-refractivity contribution in [2.24, 2.45) is 0 Å². The molecular formula is C49H41N3. The van der Waals surface area contributed by atoms with Gasteiger partial charge in [-0.05, 0) is 87.4 Å². The highest BCUT2D eigenvalue weighted by atomic mass is 15.1. The zero-order chi connectivity index (χ0) is 35.2. The van der Waals surface area contributed by atoms with E-state index in [0.29, 0.717) is 0 Å². The average Bonchev–Trinajstić information content (AvgIpc) is 3.84. The van der Waals surface area contributed by atoms with E-state index >= 15 is 0 Å². The minimum absolute atomic E-state index is 0.392. The highest BCUT2D eigenvalue weighted by Crippen LogP contribution is 2.47. The van der Waals surface area contributed by atoms with Crippen LogP contribution < -0.4 is 0 Å². The molecule has 0 saturated carbocycles. The van der Waals surface area contributed by atoms with Crippen molar-refractivity contribution < 1.29 is 0 Å². The van der Waals surface area contributed by atoms with Gasteiger partial charge in [-0.1, -0.05) is 116 Å². The molecule has 0 aliphatic carbocycles. The number of hydrogen-bond acceptors (Lipinski definition) is 0. The molecule has 3 aromatic heterocycles. The normalized spacial score (nSPS) is 13.6. The third-order valence-corrected chi connectivity index (χ3v) is 12.0. The Hall–Kier alpha value is -6.06. The highest BCUT2D eigenvalue weighted by molar-refractivity contribution is 6.12. The van der Waals surface area contributed by atoms with Crippen LogP contribution in [0.1, 0.15) is 45.2 Å². The Bertz CT molecular complexity index is 2880. The van der Waals surface area contributed by atoms with Crippen LogP contribution in [0.3, 0.4) is 0 Å². The lowest BCUT2D eigenvalue weighted by Gasteiger charge is -2.37. The minimum atomic E-state index is -0.408. The maximum atomic E-state index is 2.64. The van der Waals surface area contributed by atoms with Crippen LogP contribution in [0.4, 0.5) is 0 Å². The number of hydrogen-bond donors (Lipinski definition) is 0. The smallest absolute Gasteiger partial charge is 0.0693 e. The van der Waals surface area contributed by atoms with Crippen molar-refractivity contribution in [3.8, 4) is 5.69 Å². The van der Waals surface area contributed by atoms with E-state index in [9.17, 15) is 0 Å². The Morgan fingerprint density at radius 2 is 0.827 bits per heavy atom. The molecule has 0 aliphatic heterocycles.